The normalized spacial score (nSPS) is 18.0. The quantitative estimate of drug-likeness (QED) is 0.802. The molecule has 0 saturated carbocycles. The van der Waals surface area contributed by atoms with E-state index in [0.29, 0.717) is 18.9 Å². The highest BCUT2D eigenvalue weighted by molar-refractivity contribution is 7.12. The van der Waals surface area contributed by atoms with Crippen LogP contribution in [0.3, 0.4) is 0 Å². The third kappa shape index (κ3) is 4.89. The fourth-order valence-corrected chi connectivity index (χ4v) is 4.20. The van der Waals surface area contributed by atoms with Crippen LogP contribution in [0.4, 0.5) is 5.82 Å². The number of piperidine rings is 1. The van der Waals surface area contributed by atoms with Crippen molar-refractivity contribution >= 4 is 29.0 Å². The Morgan fingerprint density at radius 2 is 1.93 bits per heavy atom. The summed E-state index contributed by atoms with van der Waals surface area (Å²) < 4.78 is 1.89. The molecule has 1 atom stereocenters. The largest absolute Gasteiger partial charge is 0.337 e. The lowest BCUT2D eigenvalue weighted by molar-refractivity contribution is -0.121. The Kier molecular flexibility index (Phi) is 5.90. The summed E-state index contributed by atoms with van der Waals surface area (Å²) in [7, 11) is 0. The summed E-state index contributed by atoms with van der Waals surface area (Å²) in [6, 6.07) is 5.69. The molecule has 2 aromatic rings. The number of nitrogens with one attached hydrogen (secondary N) is 1. The molecule has 2 amide bonds. The first-order chi connectivity index (χ1) is 13.5. The number of anilines is 1. The van der Waals surface area contributed by atoms with Crippen molar-refractivity contribution in [2.24, 2.45) is 5.92 Å². The van der Waals surface area contributed by atoms with Gasteiger partial charge in [0.05, 0.1) is 22.0 Å². The number of thiophene rings is 1. The summed E-state index contributed by atoms with van der Waals surface area (Å²) in [6.45, 7) is 13.7. The molecule has 1 N–H and O–H groups in total. The number of carbonyl (C=O) groups excluding carboxylic acids is 2. The maximum absolute atomic E-state index is 13.1. The van der Waals surface area contributed by atoms with Gasteiger partial charge in [0, 0.05) is 24.6 Å². The minimum absolute atomic E-state index is 0.0206. The average molecular weight is 417 g/mol. The van der Waals surface area contributed by atoms with E-state index in [2.05, 4.69) is 46.9 Å². The molecule has 6 nitrogen and oxygen atoms in total. The summed E-state index contributed by atoms with van der Waals surface area (Å²) in [5.41, 5.74) is 0.589. The van der Waals surface area contributed by atoms with Gasteiger partial charge in [-0.25, -0.2) is 4.68 Å². The van der Waals surface area contributed by atoms with Crippen molar-refractivity contribution in [1.82, 2.24) is 14.7 Å². The molecule has 0 bridgehead atoms. The van der Waals surface area contributed by atoms with Gasteiger partial charge in [-0.2, -0.15) is 5.10 Å². The van der Waals surface area contributed by atoms with E-state index >= 15 is 0 Å². The number of rotatable bonds is 3. The number of carbonyl (C=O) groups is 2. The summed E-state index contributed by atoms with van der Waals surface area (Å²) in [6.07, 6.45) is 1.62. The first-order valence-electron chi connectivity index (χ1n) is 10.2. The predicted octanol–water partition coefficient (Wildman–Crippen LogP) is 4.49. The molecule has 29 heavy (non-hydrogen) atoms. The first kappa shape index (κ1) is 21.6. The summed E-state index contributed by atoms with van der Waals surface area (Å²) in [4.78, 5) is 28.3. The average Bonchev–Trinajstić information content (AvgIpc) is 3.30. The van der Waals surface area contributed by atoms with E-state index in [-0.39, 0.29) is 28.7 Å². The zero-order valence-electron chi connectivity index (χ0n) is 18.3. The van der Waals surface area contributed by atoms with Crippen molar-refractivity contribution in [2.75, 3.05) is 18.4 Å². The van der Waals surface area contributed by atoms with Crippen LogP contribution < -0.4 is 5.32 Å². The smallest absolute Gasteiger partial charge is 0.263 e. The fraction of sp³-hybridized carbons (Fsp3) is 0.591. The van der Waals surface area contributed by atoms with E-state index < -0.39 is 0 Å². The van der Waals surface area contributed by atoms with Gasteiger partial charge in [-0.1, -0.05) is 26.8 Å². The first-order valence-corrected chi connectivity index (χ1v) is 11.1. The van der Waals surface area contributed by atoms with Crippen LogP contribution in [0.15, 0.2) is 23.6 Å². The molecule has 0 aromatic carbocycles. The van der Waals surface area contributed by atoms with Gasteiger partial charge in [0.15, 0.2) is 0 Å². The highest BCUT2D eigenvalue weighted by atomic mass is 32.1. The van der Waals surface area contributed by atoms with Crippen molar-refractivity contribution in [3.63, 3.8) is 0 Å². The fourth-order valence-electron chi connectivity index (χ4n) is 3.51. The number of aromatic nitrogens is 2. The van der Waals surface area contributed by atoms with E-state index in [1.807, 2.05) is 28.3 Å². The standard InChI is InChI=1S/C22H32N4O2S/c1-21(2,3)17-13-18(26(24-17)22(4,5)6)23-19(27)15-9-7-11-25(14-15)20(28)16-10-8-12-29-16/h8,10,12-13,15H,7,9,11,14H2,1-6H3,(H,23,27). The van der Waals surface area contributed by atoms with Crippen LogP contribution in [0.25, 0.3) is 0 Å². The van der Waals surface area contributed by atoms with Gasteiger partial charge in [-0.15, -0.1) is 11.3 Å². The summed E-state index contributed by atoms with van der Waals surface area (Å²) in [5, 5.41) is 9.77. The lowest BCUT2D eigenvalue weighted by Crippen LogP contribution is -2.43. The van der Waals surface area contributed by atoms with Crippen LogP contribution in [0.5, 0.6) is 0 Å². The van der Waals surface area contributed by atoms with Gasteiger partial charge in [-0.3, -0.25) is 9.59 Å². The summed E-state index contributed by atoms with van der Waals surface area (Å²) >= 11 is 1.44. The number of nitrogens with zero attached hydrogens (tertiary/aromatic N) is 3. The Labute approximate surface area is 177 Å². The zero-order valence-corrected chi connectivity index (χ0v) is 19.1. The molecule has 0 aliphatic carbocycles. The van der Waals surface area contributed by atoms with Gasteiger partial charge in [0.25, 0.3) is 5.91 Å². The molecule has 2 aromatic heterocycles. The molecule has 1 fully saturated rings. The van der Waals surface area contributed by atoms with Gasteiger partial charge in [0.1, 0.15) is 5.82 Å². The molecule has 3 heterocycles. The maximum atomic E-state index is 13.1. The molecule has 1 aliphatic rings. The second kappa shape index (κ2) is 7.94. The Hall–Kier alpha value is -2.15. The van der Waals surface area contributed by atoms with Gasteiger partial charge >= 0.3 is 0 Å². The molecular weight excluding hydrogens is 384 g/mol. The van der Waals surface area contributed by atoms with E-state index in [0.717, 1.165) is 23.4 Å². The van der Waals surface area contributed by atoms with Gasteiger partial charge < -0.3 is 10.2 Å². The highest BCUT2D eigenvalue weighted by Crippen LogP contribution is 2.29. The van der Waals surface area contributed by atoms with E-state index in [4.69, 9.17) is 5.10 Å². The van der Waals surface area contributed by atoms with Gasteiger partial charge in [-0.05, 0) is 45.1 Å². The molecule has 1 saturated heterocycles. The summed E-state index contributed by atoms with van der Waals surface area (Å²) in [5.74, 6) is 0.481. The Morgan fingerprint density at radius 3 is 2.52 bits per heavy atom. The lowest BCUT2D eigenvalue weighted by Gasteiger charge is -2.32. The second-order valence-electron chi connectivity index (χ2n) is 9.80. The predicted molar refractivity (Wildman–Crippen MR) is 117 cm³/mol. The molecule has 3 rings (SSSR count). The molecule has 0 spiro atoms. The van der Waals surface area contributed by atoms with Crippen molar-refractivity contribution in [1.29, 1.82) is 0 Å². The Bertz CT molecular complexity index is 872. The SMILES string of the molecule is CC(C)(C)c1cc(NC(=O)C2CCCN(C(=O)c3cccs3)C2)n(C(C)(C)C)n1. The van der Waals surface area contributed by atoms with Crippen LogP contribution in [-0.4, -0.2) is 39.6 Å². The minimum Gasteiger partial charge on any atom is -0.337 e. The molecule has 7 heteroatoms. The number of hydrogen-bond donors (Lipinski definition) is 1. The minimum atomic E-state index is -0.250. The zero-order chi connectivity index (χ0) is 21.4. The molecule has 1 unspecified atom stereocenters. The van der Waals surface area contributed by atoms with Crippen LogP contribution in [-0.2, 0) is 15.7 Å². The highest BCUT2D eigenvalue weighted by Gasteiger charge is 2.31. The third-order valence-electron chi connectivity index (χ3n) is 5.18. The van der Waals surface area contributed by atoms with Crippen LogP contribution in [0.2, 0.25) is 0 Å². The molecule has 1 aliphatic heterocycles. The van der Waals surface area contributed by atoms with Gasteiger partial charge in [0.2, 0.25) is 5.91 Å². The third-order valence-corrected chi connectivity index (χ3v) is 6.03. The number of likely N-dealkylation sites (tertiary alicyclic amines) is 1. The van der Waals surface area contributed by atoms with E-state index in [1.54, 1.807) is 4.90 Å². The van der Waals surface area contributed by atoms with Crippen molar-refractivity contribution in [3.05, 3.63) is 34.2 Å². The maximum Gasteiger partial charge on any atom is 0.263 e. The molecule has 0 radical (unpaired) electrons. The van der Waals surface area contributed by atoms with Crippen LogP contribution in [0.1, 0.15) is 69.7 Å². The lowest BCUT2D eigenvalue weighted by atomic mass is 9.92. The molecular formula is C22H32N4O2S. The Morgan fingerprint density at radius 1 is 1.21 bits per heavy atom. The van der Waals surface area contributed by atoms with E-state index in [1.165, 1.54) is 11.3 Å². The molecule has 158 valence electrons. The van der Waals surface area contributed by atoms with Crippen molar-refractivity contribution < 1.29 is 9.59 Å². The van der Waals surface area contributed by atoms with Crippen molar-refractivity contribution in [3.8, 4) is 0 Å². The van der Waals surface area contributed by atoms with Crippen LogP contribution in [0, 0.1) is 5.92 Å². The second-order valence-corrected chi connectivity index (χ2v) is 10.8. The monoisotopic (exact) mass is 416 g/mol. The topological polar surface area (TPSA) is 67.2 Å². The van der Waals surface area contributed by atoms with Crippen molar-refractivity contribution in [2.45, 2.75) is 65.3 Å². The van der Waals surface area contributed by atoms with E-state index in [9.17, 15) is 9.59 Å². The Balaban J connectivity index is 1.76. The number of amides is 2. The van der Waals surface area contributed by atoms with Crippen LogP contribution >= 0.6 is 11.3 Å². The number of hydrogen-bond acceptors (Lipinski definition) is 4.